The molecule has 3 rings (SSSR count). The number of hydrogen-bond donors (Lipinski definition) is 3. The van der Waals surface area contributed by atoms with Gasteiger partial charge in [-0.05, 0) is 83.6 Å². The Morgan fingerprint density at radius 3 is 1.68 bits per heavy atom. The largest absolute Gasteiger partial charge is 0.455 e. The molecule has 0 bridgehead atoms. The van der Waals surface area contributed by atoms with Crippen molar-refractivity contribution in [3.05, 3.63) is 11.6 Å². The van der Waals surface area contributed by atoms with E-state index in [-0.39, 0.29) is 42.6 Å². The van der Waals surface area contributed by atoms with E-state index < -0.39 is 12.2 Å². The number of carbonyl (C=O) groups is 1. The number of ether oxygens (including phenoxy) is 3. The van der Waals surface area contributed by atoms with Gasteiger partial charge in [0, 0.05) is 5.57 Å². The normalized spacial score (nSPS) is 27.4. The Morgan fingerprint density at radius 2 is 1.14 bits per heavy atom. The summed E-state index contributed by atoms with van der Waals surface area (Å²) in [5.41, 5.74) is 0.863. The SMILES string of the molecule is CCCCCC[C@H](O)CCC[C@H](O)[C@H]1CC[C@H]([C@H]2CC[C@H]([C@H](O)CCCCCCCCCCCCC3=C[C@@H](C)OC3=O)O2)O1. The van der Waals surface area contributed by atoms with Crippen molar-refractivity contribution in [3.8, 4) is 0 Å². The molecule has 7 heteroatoms. The van der Waals surface area contributed by atoms with E-state index in [4.69, 9.17) is 14.2 Å². The smallest absolute Gasteiger partial charge is 0.334 e. The van der Waals surface area contributed by atoms with Gasteiger partial charge in [0.1, 0.15) is 6.10 Å². The lowest BCUT2D eigenvalue weighted by Crippen LogP contribution is -2.33. The standard InChI is InChI=1S/C37H66O7/c1-3-4-5-15-19-30(38)20-17-22-32(40)34-24-26-36(44-34)35-25-23-33(43-35)31(39)21-16-13-11-9-7-6-8-10-12-14-18-29-27-28(2)42-37(29)41/h27-28,30-36,38-40H,3-26H2,1-2H3/t28-,30+,31-,32+,33-,34-,35-,36-/m1/s1. The summed E-state index contributed by atoms with van der Waals surface area (Å²) >= 11 is 0. The van der Waals surface area contributed by atoms with Crippen molar-refractivity contribution in [2.75, 3.05) is 0 Å². The van der Waals surface area contributed by atoms with E-state index in [1.165, 1.54) is 64.2 Å². The molecule has 0 aliphatic carbocycles. The number of rotatable bonds is 25. The summed E-state index contributed by atoms with van der Waals surface area (Å²) < 4.78 is 17.7. The van der Waals surface area contributed by atoms with Gasteiger partial charge in [-0.1, -0.05) is 90.4 Å². The molecule has 0 aromatic heterocycles. The number of aliphatic hydroxyl groups is 3. The van der Waals surface area contributed by atoms with Crippen LogP contribution in [0.3, 0.4) is 0 Å². The van der Waals surface area contributed by atoms with Crippen molar-refractivity contribution in [3.63, 3.8) is 0 Å². The maximum Gasteiger partial charge on any atom is 0.334 e. The van der Waals surface area contributed by atoms with E-state index in [0.717, 1.165) is 89.0 Å². The van der Waals surface area contributed by atoms with Gasteiger partial charge in [-0.25, -0.2) is 4.79 Å². The summed E-state index contributed by atoms with van der Waals surface area (Å²) in [4.78, 5) is 11.6. The lowest BCUT2D eigenvalue weighted by Gasteiger charge is -2.24. The van der Waals surface area contributed by atoms with Crippen LogP contribution in [0.1, 0.15) is 168 Å². The minimum atomic E-state index is -0.479. The van der Waals surface area contributed by atoms with Crippen molar-refractivity contribution >= 4 is 5.97 Å². The average molecular weight is 623 g/mol. The van der Waals surface area contributed by atoms with Gasteiger partial charge in [-0.3, -0.25) is 0 Å². The van der Waals surface area contributed by atoms with E-state index in [1.807, 2.05) is 13.0 Å². The third-order valence-electron chi connectivity index (χ3n) is 10.1. The first kappa shape index (κ1) is 37.5. The molecule has 44 heavy (non-hydrogen) atoms. The predicted octanol–water partition coefficient (Wildman–Crippen LogP) is 7.86. The summed E-state index contributed by atoms with van der Waals surface area (Å²) in [5, 5.41) is 31.6. The molecule has 3 aliphatic rings. The number of carbonyl (C=O) groups excluding carboxylic acids is 1. The van der Waals surface area contributed by atoms with Gasteiger partial charge in [0.2, 0.25) is 0 Å². The topological polar surface area (TPSA) is 105 Å². The first-order chi connectivity index (χ1) is 21.4. The van der Waals surface area contributed by atoms with E-state index in [9.17, 15) is 20.1 Å². The molecule has 0 aromatic carbocycles. The molecule has 8 atom stereocenters. The van der Waals surface area contributed by atoms with Gasteiger partial charge >= 0.3 is 5.97 Å². The fourth-order valence-electron chi connectivity index (χ4n) is 7.28. The molecule has 0 aromatic rings. The second kappa shape index (κ2) is 21.7. The minimum Gasteiger partial charge on any atom is -0.455 e. The maximum atomic E-state index is 11.6. The van der Waals surface area contributed by atoms with Crippen LogP contribution in [0, 0.1) is 0 Å². The Bertz CT molecular complexity index is 801. The van der Waals surface area contributed by atoms with E-state index >= 15 is 0 Å². The summed E-state index contributed by atoms with van der Waals surface area (Å²) in [6.45, 7) is 4.11. The first-order valence-corrected chi connectivity index (χ1v) is 18.6. The van der Waals surface area contributed by atoms with Crippen molar-refractivity contribution in [2.45, 2.75) is 217 Å². The Morgan fingerprint density at radius 1 is 0.659 bits per heavy atom. The Kier molecular flexibility index (Phi) is 18.5. The zero-order valence-electron chi connectivity index (χ0n) is 28.1. The lowest BCUT2D eigenvalue weighted by atomic mass is 9.99. The van der Waals surface area contributed by atoms with Gasteiger partial charge in [0.25, 0.3) is 0 Å². The number of esters is 1. The molecular weight excluding hydrogens is 556 g/mol. The Labute approximate surface area is 268 Å². The molecule has 0 unspecified atom stereocenters. The van der Waals surface area contributed by atoms with Gasteiger partial charge in [0.05, 0.1) is 42.7 Å². The lowest BCUT2D eigenvalue weighted by molar-refractivity contribution is -0.139. The first-order valence-electron chi connectivity index (χ1n) is 18.6. The minimum absolute atomic E-state index is 0.0170. The Hall–Kier alpha value is -0.990. The molecule has 3 heterocycles. The van der Waals surface area contributed by atoms with Crippen LogP contribution in [0.25, 0.3) is 0 Å². The summed E-state index contributed by atoms with van der Waals surface area (Å²) in [6, 6.07) is 0. The van der Waals surface area contributed by atoms with Gasteiger partial charge in [0.15, 0.2) is 0 Å². The fourth-order valence-corrected chi connectivity index (χ4v) is 7.28. The summed E-state index contributed by atoms with van der Waals surface area (Å²) in [5.74, 6) is -0.123. The molecule has 2 saturated heterocycles. The molecule has 0 amide bonds. The number of cyclic esters (lactones) is 1. The van der Waals surface area contributed by atoms with Crippen LogP contribution in [0.4, 0.5) is 0 Å². The van der Waals surface area contributed by atoms with Crippen LogP contribution in [-0.4, -0.2) is 70.1 Å². The second-order valence-electron chi connectivity index (χ2n) is 14.0. The molecule has 3 N–H and O–H groups in total. The predicted molar refractivity (Wildman–Crippen MR) is 175 cm³/mol. The quantitative estimate of drug-likeness (QED) is 0.0703. The zero-order valence-corrected chi connectivity index (χ0v) is 28.1. The molecule has 0 saturated carbocycles. The Balaban J connectivity index is 1.13. The van der Waals surface area contributed by atoms with Crippen LogP contribution in [-0.2, 0) is 19.0 Å². The number of hydrogen-bond acceptors (Lipinski definition) is 7. The van der Waals surface area contributed by atoms with Crippen molar-refractivity contribution in [2.24, 2.45) is 0 Å². The molecule has 256 valence electrons. The molecule has 0 spiro atoms. The maximum absolute atomic E-state index is 11.6. The third-order valence-corrected chi connectivity index (χ3v) is 10.1. The van der Waals surface area contributed by atoms with E-state index in [0.29, 0.717) is 6.42 Å². The van der Waals surface area contributed by atoms with Crippen LogP contribution < -0.4 is 0 Å². The van der Waals surface area contributed by atoms with E-state index in [2.05, 4.69) is 6.92 Å². The van der Waals surface area contributed by atoms with Crippen molar-refractivity contribution in [1.82, 2.24) is 0 Å². The second-order valence-corrected chi connectivity index (χ2v) is 14.0. The molecule has 2 fully saturated rings. The average Bonchev–Trinajstić information content (AvgIpc) is 3.76. The highest BCUT2D eigenvalue weighted by molar-refractivity contribution is 5.90. The highest BCUT2D eigenvalue weighted by atomic mass is 16.6. The van der Waals surface area contributed by atoms with Crippen molar-refractivity contribution in [1.29, 1.82) is 0 Å². The highest BCUT2D eigenvalue weighted by Crippen LogP contribution is 2.34. The third kappa shape index (κ3) is 14.2. The zero-order chi connectivity index (χ0) is 31.6. The molecule has 0 radical (unpaired) electrons. The monoisotopic (exact) mass is 622 g/mol. The number of unbranched alkanes of at least 4 members (excludes halogenated alkanes) is 12. The van der Waals surface area contributed by atoms with Gasteiger partial charge in [-0.15, -0.1) is 0 Å². The van der Waals surface area contributed by atoms with Crippen LogP contribution in [0.5, 0.6) is 0 Å². The molecule has 3 aliphatic heterocycles. The van der Waals surface area contributed by atoms with Crippen LogP contribution >= 0.6 is 0 Å². The van der Waals surface area contributed by atoms with E-state index in [1.54, 1.807) is 0 Å². The van der Waals surface area contributed by atoms with Gasteiger partial charge in [-0.2, -0.15) is 0 Å². The van der Waals surface area contributed by atoms with Crippen LogP contribution in [0.2, 0.25) is 0 Å². The number of aliphatic hydroxyl groups excluding tert-OH is 3. The fraction of sp³-hybridized carbons (Fsp3) is 0.919. The van der Waals surface area contributed by atoms with Crippen molar-refractivity contribution < 1.29 is 34.3 Å². The highest BCUT2D eigenvalue weighted by Gasteiger charge is 2.40. The molecule has 7 nitrogen and oxygen atoms in total. The summed E-state index contributed by atoms with van der Waals surface area (Å²) in [6.07, 6.45) is 25.7. The van der Waals surface area contributed by atoms with Crippen LogP contribution in [0.15, 0.2) is 11.6 Å². The summed E-state index contributed by atoms with van der Waals surface area (Å²) in [7, 11) is 0. The van der Waals surface area contributed by atoms with Gasteiger partial charge < -0.3 is 29.5 Å². The molecular formula is C37H66O7.